The van der Waals surface area contributed by atoms with Crippen LogP contribution in [0, 0.1) is 15.9 Å². The summed E-state index contributed by atoms with van der Waals surface area (Å²) in [7, 11) is 0. The number of hydrogen-bond acceptors (Lipinski definition) is 6. The first-order valence-electron chi connectivity index (χ1n) is 6.57. The minimum Gasteiger partial charge on any atom is -0.334 e. The van der Waals surface area contributed by atoms with Crippen molar-refractivity contribution in [3.8, 4) is 11.5 Å². The molecule has 1 aliphatic rings. The van der Waals surface area contributed by atoms with E-state index in [9.17, 15) is 14.5 Å². The van der Waals surface area contributed by atoms with Crippen LogP contribution >= 0.6 is 12.4 Å². The quantitative estimate of drug-likeness (QED) is 0.685. The van der Waals surface area contributed by atoms with Crippen molar-refractivity contribution in [1.29, 1.82) is 0 Å². The minimum atomic E-state index is -0.698. The topological polar surface area (TPSA) is 108 Å². The summed E-state index contributed by atoms with van der Waals surface area (Å²) in [6, 6.07) is 3.19. The van der Waals surface area contributed by atoms with Crippen molar-refractivity contribution in [1.82, 2.24) is 10.1 Å². The SMILES string of the molecule is Cl.NC1(c2noc(-c3ccc(F)cc3[N+](=O)[O-])n2)CCCC1. The second kappa shape index (κ2) is 5.98. The number of nitrogens with zero attached hydrogens (tertiary/aromatic N) is 3. The Labute approximate surface area is 131 Å². The number of benzene rings is 1. The van der Waals surface area contributed by atoms with Gasteiger partial charge in [0, 0.05) is 0 Å². The van der Waals surface area contributed by atoms with Crippen molar-refractivity contribution < 1.29 is 13.8 Å². The third-order valence-electron chi connectivity index (χ3n) is 3.75. The highest BCUT2D eigenvalue weighted by molar-refractivity contribution is 5.85. The summed E-state index contributed by atoms with van der Waals surface area (Å²) < 4.78 is 18.2. The Morgan fingerprint density at radius 1 is 1.36 bits per heavy atom. The Bertz CT molecular complexity index is 700. The second-order valence-electron chi connectivity index (χ2n) is 5.20. The number of nitro benzene ring substituents is 1. The molecule has 1 aromatic carbocycles. The smallest absolute Gasteiger partial charge is 0.285 e. The summed E-state index contributed by atoms with van der Waals surface area (Å²) in [5.41, 5.74) is 5.24. The highest BCUT2D eigenvalue weighted by Gasteiger charge is 2.36. The molecule has 0 radical (unpaired) electrons. The number of rotatable bonds is 3. The zero-order valence-electron chi connectivity index (χ0n) is 11.5. The molecule has 0 saturated heterocycles. The zero-order valence-corrected chi connectivity index (χ0v) is 12.3. The van der Waals surface area contributed by atoms with Crippen LogP contribution in [0.15, 0.2) is 22.7 Å². The third-order valence-corrected chi connectivity index (χ3v) is 3.75. The van der Waals surface area contributed by atoms with Crippen molar-refractivity contribution in [3.05, 3.63) is 40.0 Å². The summed E-state index contributed by atoms with van der Waals surface area (Å²) in [5, 5.41) is 14.8. The van der Waals surface area contributed by atoms with E-state index in [1.165, 1.54) is 6.07 Å². The molecule has 22 heavy (non-hydrogen) atoms. The normalized spacial score (nSPS) is 16.3. The fraction of sp³-hybridized carbons (Fsp3) is 0.385. The van der Waals surface area contributed by atoms with Gasteiger partial charge in [0.25, 0.3) is 11.6 Å². The first-order valence-corrected chi connectivity index (χ1v) is 6.57. The second-order valence-corrected chi connectivity index (χ2v) is 5.20. The van der Waals surface area contributed by atoms with E-state index in [4.69, 9.17) is 10.3 Å². The van der Waals surface area contributed by atoms with Crippen molar-refractivity contribution >= 4 is 18.1 Å². The summed E-state index contributed by atoms with van der Waals surface area (Å²) in [6.45, 7) is 0. The fourth-order valence-electron chi connectivity index (χ4n) is 2.60. The molecule has 2 N–H and O–H groups in total. The summed E-state index contributed by atoms with van der Waals surface area (Å²) in [4.78, 5) is 14.5. The van der Waals surface area contributed by atoms with Gasteiger partial charge in [0.2, 0.25) is 0 Å². The lowest BCUT2D eigenvalue weighted by molar-refractivity contribution is -0.384. The van der Waals surface area contributed by atoms with Gasteiger partial charge in [-0.25, -0.2) is 4.39 Å². The first kappa shape index (κ1) is 16.3. The predicted molar refractivity (Wildman–Crippen MR) is 77.9 cm³/mol. The van der Waals surface area contributed by atoms with E-state index in [0.29, 0.717) is 5.82 Å². The van der Waals surface area contributed by atoms with Gasteiger partial charge in [0.1, 0.15) is 11.4 Å². The van der Waals surface area contributed by atoms with Crippen molar-refractivity contribution in [2.75, 3.05) is 0 Å². The van der Waals surface area contributed by atoms with E-state index in [2.05, 4.69) is 10.1 Å². The lowest BCUT2D eigenvalue weighted by atomic mass is 9.98. The largest absolute Gasteiger partial charge is 0.334 e. The van der Waals surface area contributed by atoms with Crippen LogP contribution < -0.4 is 5.73 Å². The Kier molecular flexibility index (Phi) is 4.43. The van der Waals surface area contributed by atoms with E-state index in [1.54, 1.807) is 0 Å². The number of aromatic nitrogens is 2. The zero-order chi connectivity index (χ0) is 15.0. The maximum Gasteiger partial charge on any atom is 0.285 e. The Morgan fingerprint density at radius 2 is 2.05 bits per heavy atom. The van der Waals surface area contributed by atoms with E-state index >= 15 is 0 Å². The monoisotopic (exact) mass is 328 g/mol. The predicted octanol–water partition coefficient (Wildman–Crippen LogP) is 2.93. The van der Waals surface area contributed by atoms with Gasteiger partial charge in [0.15, 0.2) is 5.82 Å². The number of nitrogens with two attached hydrogens (primary N) is 1. The highest BCUT2D eigenvalue weighted by atomic mass is 35.5. The molecule has 2 aromatic rings. The minimum absolute atomic E-state index is 0. The van der Waals surface area contributed by atoms with Gasteiger partial charge in [-0.15, -0.1) is 12.4 Å². The molecular weight excluding hydrogens is 315 g/mol. The number of hydrogen-bond donors (Lipinski definition) is 1. The molecule has 7 nitrogen and oxygen atoms in total. The molecule has 0 spiro atoms. The van der Waals surface area contributed by atoms with Gasteiger partial charge in [-0.1, -0.05) is 18.0 Å². The average Bonchev–Trinajstić information content (AvgIpc) is 3.08. The lowest BCUT2D eigenvalue weighted by Crippen LogP contribution is -2.34. The van der Waals surface area contributed by atoms with Crippen LogP contribution in [0.2, 0.25) is 0 Å². The molecule has 1 aromatic heterocycles. The van der Waals surface area contributed by atoms with E-state index < -0.39 is 22.0 Å². The van der Waals surface area contributed by atoms with Gasteiger partial charge in [-0.2, -0.15) is 4.98 Å². The highest BCUT2D eigenvalue weighted by Crippen LogP contribution is 2.36. The molecular formula is C13H14ClFN4O3. The van der Waals surface area contributed by atoms with E-state index in [0.717, 1.165) is 37.8 Å². The van der Waals surface area contributed by atoms with Gasteiger partial charge < -0.3 is 10.3 Å². The van der Waals surface area contributed by atoms with Crippen molar-refractivity contribution in [3.63, 3.8) is 0 Å². The molecule has 1 saturated carbocycles. The van der Waals surface area contributed by atoms with Gasteiger partial charge in [-0.05, 0) is 25.0 Å². The van der Waals surface area contributed by atoms with E-state index in [-0.39, 0.29) is 23.9 Å². The van der Waals surface area contributed by atoms with Crippen LogP contribution in [0.25, 0.3) is 11.5 Å². The maximum atomic E-state index is 13.1. The molecule has 0 aliphatic heterocycles. The van der Waals surface area contributed by atoms with Crippen molar-refractivity contribution in [2.24, 2.45) is 5.73 Å². The molecule has 118 valence electrons. The van der Waals surface area contributed by atoms with Crippen LogP contribution in [0.5, 0.6) is 0 Å². The standard InChI is InChI=1S/C13H13FN4O3.ClH/c14-8-3-4-9(10(7-8)18(19)20)11-16-12(17-21-11)13(15)5-1-2-6-13;/h3-4,7H,1-2,5-6,15H2;1H. The van der Waals surface area contributed by atoms with Crippen molar-refractivity contribution in [2.45, 2.75) is 31.2 Å². The van der Waals surface area contributed by atoms with E-state index in [1.807, 2.05) is 0 Å². The molecule has 1 aliphatic carbocycles. The summed E-state index contributed by atoms with van der Waals surface area (Å²) in [6.07, 6.45) is 3.46. The Balaban J connectivity index is 0.00000176. The van der Waals surface area contributed by atoms with Gasteiger partial charge >= 0.3 is 0 Å². The maximum absolute atomic E-state index is 13.1. The summed E-state index contributed by atoms with van der Waals surface area (Å²) in [5.74, 6) is -0.377. The molecule has 1 fully saturated rings. The third kappa shape index (κ3) is 2.79. The van der Waals surface area contributed by atoms with Crippen LogP contribution in [-0.2, 0) is 5.54 Å². The number of halogens is 2. The fourth-order valence-corrected chi connectivity index (χ4v) is 2.60. The van der Waals surface area contributed by atoms with Crippen LogP contribution in [-0.4, -0.2) is 15.1 Å². The van der Waals surface area contributed by atoms with Crippen LogP contribution in [0.4, 0.5) is 10.1 Å². The molecule has 3 rings (SSSR count). The summed E-state index contributed by atoms with van der Waals surface area (Å²) >= 11 is 0. The average molecular weight is 329 g/mol. The Morgan fingerprint density at radius 3 is 2.68 bits per heavy atom. The number of nitro groups is 1. The molecule has 0 unspecified atom stereocenters. The molecule has 0 bridgehead atoms. The molecule has 0 atom stereocenters. The first-order chi connectivity index (χ1) is 9.99. The molecule has 1 heterocycles. The Hall–Kier alpha value is -2.06. The molecule has 0 amide bonds. The molecule has 9 heteroatoms. The van der Waals surface area contributed by atoms with Crippen LogP contribution in [0.1, 0.15) is 31.5 Å². The van der Waals surface area contributed by atoms with Gasteiger partial charge in [0.05, 0.1) is 16.5 Å². The lowest BCUT2D eigenvalue weighted by Gasteiger charge is -2.17. The van der Waals surface area contributed by atoms with Gasteiger partial charge in [-0.3, -0.25) is 10.1 Å². The van der Waals surface area contributed by atoms with Crippen LogP contribution in [0.3, 0.4) is 0 Å².